The van der Waals surface area contributed by atoms with Crippen LogP contribution in [0.5, 0.6) is 5.75 Å². The van der Waals surface area contributed by atoms with Crippen LogP contribution in [0.3, 0.4) is 0 Å². The second-order valence-electron chi connectivity index (χ2n) is 12.5. The van der Waals surface area contributed by atoms with Gasteiger partial charge >= 0.3 is 12.3 Å². The lowest BCUT2D eigenvalue weighted by atomic mass is 9.78. The van der Waals surface area contributed by atoms with Gasteiger partial charge in [0.15, 0.2) is 0 Å². The van der Waals surface area contributed by atoms with Gasteiger partial charge in [-0.2, -0.15) is 13.2 Å². The molecule has 1 aromatic heterocycles. The third-order valence-corrected chi connectivity index (χ3v) is 9.79. The molecule has 3 aliphatic heterocycles. The first-order chi connectivity index (χ1) is 21.6. The van der Waals surface area contributed by atoms with Gasteiger partial charge in [0.2, 0.25) is 5.91 Å². The highest BCUT2D eigenvalue weighted by molar-refractivity contribution is 5.86. The molecule has 0 unspecified atom stereocenters. The molecule has 10 nitrogen and oxygen atoms in total. The van der Waals surface area contributed by atoms with E-state index in [1.807, 2.05) is 12.1 Å². The van der Waals surface area contributed by atoms with E-state index in [1.165, 1.54) is 0 Å². The van der Waals surface area contributed by atoms with Crippen molar-refractivity contribution in [3.8, 4) is 5.75 Å². The molecule has 45 heavy (non-hydrogen) atoms. The molecule has 4 aliphatic rings. The zero-order valence-corrected chi connectivity index (χ0v) is 25.5. The molecule has 2 amide bonds. The molecule has 2 saturated heterocycles. The summed E-state index contributed by atoms with van der Waals surface area (Å²) >= 11 is 0. The molecular formula is C32H39F3N4O6. The van der Waals surface area contributed by atoms with Gasteiger partial charge in [0.25, 0.3) is 0 Å². The van der Waals surface area contributed by atoms with Crippen molar-refractivity contribution in [3.05, 3.63) is 58.9 Å². The number of ether oxygens (including phenoxy) is 4. The number of halogens is 3. The first-order valence-electron chi connectivity index (χ1n) is 15.3. The zero-order valence-electron chi connectivity index (χ0n) is 25.5. The fourth-order valence-electron chi connectivity index (χ4n) is 7.43. The summed E-state index contributed by atoms with van der Waals surface area (Å²) in [7, 11) is 3.24. The fraction of sp³-hybridized carbons (Fsp3) is 0.594. The molecule has 4 heterocycles. The predicted octanol–water partition coefficient (Wildman–Crippen LogP) is 3.80. The summed E-state index contributed by atoms with van der Waals surface area (Å²) in [5.41, 5.74) is 0.0716. The monoisotopic (exact) mass is 632 g/mol. The maximum Gasteiger partial charge on any atom is 0.417 e. The number of carbonyl (C=O) groups is 2. The van der Waals surface area contributed by atoms with Crippen LogP contribution in [0.2, 0.25) is 0 Å². The smallest absolute Gasteiger partial charge is 0.417 e. The molecule has 2 aromatic rings. The lowest BCUT2D eigenvalue weighted by Crippen LogP contribution is -2.52. The van der Waals surface area contributed by atoms with E-state index in [2.05, 4.69) is 10.3 Å². The number of methoxy groups -OCH3 is 2. The normalized spacial score (nSPS) is 28.0. The molecule has 1 saturated carbocycles. The quantitative estimate of drug-likeness (QED) is 0.492. The highest BCUT2D eigenvalue weighted by Crippen LogP contribution is 2.51. The number of hydrogen-bond donors (Lipinski definition) is 1. The number of pyridine rings is 1. The van der Waals surface area contributed by atoms with E-state index in [0.29, 0.717) is 62.6 Å². The van der Waals surface area contributed by atoms with Crippen LogP contribution in [0.15, 0.2) is 36.5 Å². The van der Waals surface area contributed by atoms with E-state index < -0.39 is 23.2 Å². The summed E-state index contributed by atoms with van der Waals surface area (Å²) < 4.78 is 62.4. The summed E-state index contributed by atoms with van der Waals surface area (Å²) in [5.74, 6) is 0.419. The number of nitrogens with one attached hydrogen (secondary N) is 1. The molecule has 1 N–H and O–H groups in total. The molecule has 1 aromatic carbocycles. The minimum atomic E-state index is -4.52. The van der Waals surface area contributed by atoms with Crippen molar-refractivity contribution in [2.75, 3.05) is 47.1 Å². The van der Waals surface area contributed by atoms with Crippen molar-refractivity contribution >= 4 is 12.0 Å². The Morgan fingerprint density at radius 3 is 2.71 bits per heavy atom. The molecular weight excluding hydrogens is 593 g/mol. The number of carbonyl (C=O) groups excluding carboxylic acids is 2. The van der Waals surface area contributed by atoms with Crippen LogP contribution in [-0.2, 0) is 44.8 Å². The maximum atomic E-state index is 14.5. The Labute approximate surface area is 260 Å². The number of alkyl halides is 3. The van der Waals surface area contributed by atoms with E-state index in [4.69, 9.17) is 18.9 Å². The Morgan fingerprint density at radius 2 is 1.98 bits per heavy atom. The average Bonchev–Trinajstić information content (AvgIpc) is 3.58. The van der Waals surface area contributed by atoms with Gasteiger partial charge in [-0.3, -0.25) is 9.78 Å². The largest absolute Gasteiger partial charge is 0.497 e. The summed E-state index contributed by atoms with van der Waals surface area (Å²) in [6.07, 6.45) is -1.95. The number of likely N-dealkylation sites (tertiary alicyclic amines) is 1. The van der Waals surface area contributed by atoms with Crippen molar-refractivity contribution in [3.63, 3.8) is 0 Å². The van der Waals surface area contributed by atoms with Crippen molar-refractivity contribution in [2.24, 2.45) is 11.3 Å². The van der Waals surface area contributed by atoms with Gasteiger partial charge in [-0.25, -0.2) is 4.79 Å². The van der Waals surface area contributed by atoms with Crippen molar-refractivity contribution in [1.29, 1.82) is 0 Å². The van der Waals surface area contributed by atoms with E-state index in [-0.39, 0.29) is 49.7 Å². The SMILES string of the molecule is COc1ccc(COC(=O)N2C[C@@H]3C[C@@H](N[C@H]4CCOC[C@H]4OC)C[C@]3(C(=O)N3CCc4ncc(C(F)(F)F)cc4C3)C2)cc1. The van der Waals surface area contributed by atoms with Crippen LogP contribution in [0.25, 0.3) is 0 Å². The zero-order chi connectivity index (χ0) is 31.8. The minimum Gasteiger partial charge on any atom is -0.497 e. The van der Waals surface area contributed by atoms with Crippen LogP contribution >= 0.6 is 0 Å². The topological polar surface area (TPSA) is 102 Å². The molecule has 0 spiro atoms. The minimum absolute atomic E-state index is 0.00717. The van der Waals surface area contributed by atoms with Gasteiger partial charge < -0.3 is 34.1 Å². The fourth-order valence-corrected chi connectivity index (χ4v) is 7.43. The third-order valence-electron chi connectivity index (χ3n) is 9.79. The van der Waals surface area contributed by atoms with Gasteiger partial charge in [0, 0.05) is 70.3 Å². The molecule has 5 atom stereocenters. The number of rotatable bonds is 7. The molecule has 244 valence electrons. The van der Waals surface area contributed by atoms with Gasteiger partial charge in [0.1, 0.15) is 12.4 Å². The van der Waals surface area contributed by atoms with Gasteiger partial charge in [-0.15, -0.1) is 0 Å². The van der Waals surface area contributed by atoms with E-state index in [1.54, 1.807) is 36.2 Å². The van der Waals surface area contributed by atoms with Crippen LogP contribution in [0.1, 0.15) is 41.6 Å². The highest BCUT2D eigenvalue weighted by atomic mass is 19.4. The molecule has 0 radical (unpaired) electrons. The van der Waals surface area contributed by atoms with Gasteiger partial charge in [-0.1, -0.05) is 12.1 Å². The molecule has 13 heteroatoms. The number of aromatic nitrogens is 1. The van der Waals surface area contributed by atoms with Crippen LogP contribution < -0.4 is 10.1 Å². The lowest BCUT2D eigenvalue weighted by Gasteiger charge is -2.37. The van der Waals surface area contributed by atoms with Crippen LogP contribution in [0.4, 0.5) is 18.0 Å². The Balaban J connectivity index is 1.20. The van der Waals surface area contributed by atoms with E-state index in [9.17, 15) is 22.8 Å². The van der Waals surface area contributed by atoms with Crippen molar-refractivity contribution < 1.29 is 41.7 Å². The molecule has 6 rings (SSSR count). The number of nitrogens with zero attached hydrogens (tertiary/aromatic N) is 3. The second-order valence-corrected chi connectivity index (χ2v) is 12.5. The summed E-state index contributed by atoms with van der Waals surface area (Å²) in [4.78, 5) is 35.1. The average molecular weight is 633 g/mol. The Hall–Kier alpha value is -3.42. The molecule has 3 fully saturated rings. The van der Waals surface area contributed by atoms with Crippen molar-refractivity contribution in [2.45, 2.75) is 63.2 Å². The predicted molar refractivity (Wildman–Crippen MR) is 155 cm³/mol. The van der Waals surface area contributed by atoms with Gasteiger partial charge in [0.05, 0.1) is 30.8 Å². The molecule has 1 aliphatic carbocycles. The highest BCUT2D eigenvalue weighted by Gasteiger charge is 2.60. The number of hydrogen-bond acceptors (Lipinski definition) is 8. The number of amides is 2. The first kappa shape index (κ1) is 31.6. The first-order valence-corrected chi connectivity index (χ1v) is 15.3. The summed E-state index contributed by atoms with van der Waals surface area (Å²) in [5, 5.41) is 3.71. The van der Waals surface area contributed by atoms with E-state index >= 15 is 0 Å². The van der Waals surface area contributed by atoms with Crippen LogP contribution in [0, 0.1) is 11.3 Å². The Bertz CT molecular complexity index is 1390. The lowest BCUT2D eigenvalue weighted by molar-refractivity contribution is -0.143. The summed E-state index contributed by atoms with van der Waals surface area (Å²) in [6.45, 7) is 2.12. The van der Waals surface area contributed by atoms with Gasteiger partial charge in [-0.05, 0) is 54.5 Å². The molecule has 0 bridgehead atoms. The Kier molecular flexibility index (Phi) is 8.95. The Morgan fingerprint density at radius 1 is 1.18 bits per heavy atom. The van der Waals surface area contributed by atoms with Crippen LogP contribution in [-0.4, -0.2) is 92.0 Å². The number of benzene rings is 1. The number of fused-ring (bicyclic) bond motifs is 2. The standard InChI is InChI=1S/C32H39F3N4O6/c1-42-25-5-3-20(4-6-25)17-45-30(41)39-16-23-12-24(37-27-8-10-44-18-28(27)43-2)13-31(23,19-39)29(40)38-9-7-26-21(15-38)11-22(14-36-26)32(33,34)35/h3-6,11,14,23-24,27-28,37H,7-10,12-13,15-19H2,1-2H3/t23-,24+,27-,28+,31-/m0/s1. The van der Waals surface area contributed by atoms with Crippen molar-refractivity contribution in [1.82, 2.24) is 20.1 Å². The second kappa shape index (κ2) is 12.8. The summed E-state index contributed by atoms with van der Waals surface area (Å²) in [6, 6.07) is 8.41. The maximum absolute atomic E-state index is 14.5. The van der Waals surface area contributed by atoms with E-state index in [0.717, 1.165) is 24.2 Å². The third kappa shape index (κ3) is 6.48.